The molecule has 0 aromatic heterocycles. The normalized spacial score (nSPS) is 9.61. The summed E-state index contributed by atoms with van der Waals surface area (Å²) in [6, 6.07) is 3.66. The fourth-order valence-corrected chi connectivity index (χ4v) is 1.31. The van der Waals surface area contributed by atoms with E-state index in [1.165, 1.54) is 25.2 Å². The number of nitro groups is 1. The standard InChI is InChI=1S/C10H11N3O5/c1-11-8(14)5-12-9-6(10(15)16)3-2-4-7(9)13(17)18/h2-4,12H,5H2,1H3,(H,11,14)(H,15,16). The quantitative estimate of drug-likeness (QED) is 0.517. The minimum atomic E-state index is -1.31. The van der Waals surface area contributed by atoms with Crippen molar-refractivity contribution in [3.63, 3.8) is 0 Å². The lowest BCUT2D eigenvalue weighted by atomic mass is 10.1. The van der Waals surface area contributed by atoms with Gasteiger partial charge in [0.25, 0.3) is 5.69 Å². The summed E-state index contributed by atoms with van der Waals surface area (Å²) < 4.78 is 0. The van der Waals surface area contributed by atoms with Crippen LogP contribution in [0.5, 0.6) is 0 Å². The molecule has 8 heteroatoms. The smallest absolute Gasteiger partial charge is 0.338 e. The Morgan fingerprint density at radius 2 is 2.11 bits per heavy atom. The van der Waals surface area contributed by atoms with E-state index in [9.17, 15) is 19.7 Å². The average Bonchev–Trinajstić information content (AvgIpc) is 2.34. The highest BCUT2D eigenvalue weighted by atomic mass is 16.6. The van der Waals surface area contributed by atoms with Gasteiger partial charge in [-0.3, -0.25) is 14.9 Å². The van der Waals surface area contributed by atoms with Crippen LogP contribution in [-0.2, 0) is 4.79 Å². The number of hydrogen-bond donors (Lipinski definition) is 3. The zero-order valence-electron chi connectivity index (χ0n) is 9.47. The molecule has 0 fully saturated rings. The molecule has 96 valence electrons. The predicted molar refractivity (Wildman–Crippen MR) is 62.6 cm³/mol. The zero-order chi connectivity index (χ0) is 13.7. The van der Waals surface area contributed by atoms with Crippen molar-refractivity contribution in [1.29, 1.82) is 0 Å². The molecule has 1 amide bonds. The van der Waals surface area contributed by atoms with Gasteiger partial charge >= 0.3 is 5.97 Å². The number of likely N-dealkylation sites (N-methyl/N-ethyl adjacent to an activating group) is 1. The first-order valence-electron chi connectivity index (χ1n) is 4.92. The molecule has 0 unspecified atom stereocenters. The van der Waals surface area contributed by atoms with Crippen molar-refractivity contribution in [2.45, 2.75) is 0 Å². The largest absolute Gasteiger partial charge is 0.478 e. The molecule has 0 saturated heterocycles. The summed E-state index contributed by atoms with van der Waals surface area (Å²) in [7, 11) is 1.40. The summed E-state index contributed by atoms with van der Waals surface area (Å²) >= 11 is 0. The average molecular weight is 253 g/mol. The van der Waals surface area contributed by atoms with Gasteiger partial charge in [0.2, 0.25) is 5.91 Å². The molecule has 1 aromatic rings. The molecule has 18 heavy (non-hydrogen) atoms. The molecule has 0 bridgehead atoms. The van der Waals surface area contributed by atoms with Crippen molar-refractivity contribution < 1.29 is 19.6 Å². The first-order valence-corrected chi connectivity index (χ1v) is 4.92. The highest BCUT2D eigenvalue weighted by Crippen LogP contribution is 2.27. The van der Waals surface area contributed by atoms with Crippen LogP contribution in [0.25, 0.3) is 0 Å². The number of aromatic carboxylic acids is 1. The van der Waals surface area contributed by atoms with Crippen LogP contribution in [0.1, 0.15) is 10.4 Å². The fourth-order valence-electron chi connectivity index (χ4n) is 1.31. The van der Waals surface area contributed by atoms with Gasteiger partial charge in [-0.1, -0.05) is 6.07 Å². The summed E-state index contributed by atoms with van der Waals surface area (Å²) in [5, 5.41) is 24.5. The van der Waals surface area contributed by atoms with Gasteiger partial charge in [0, 0.05) is 13.1 Å². The molecular formula is C10H11N3O5. The lowest BCUT2D eigenvalue weighted by molar-refractivity contribution is -0.384. The number of hydrogen-bond acceptors (Lipinski definition) is 5. The van der Waals surface area contributed by atoms with Crippen molar-refractivity contribution in [3.05, 3.63) is 33.9 Å². The Morgan fingerprint density at radius 3 is 2.61 bits per heavy atom. The molecule has 0 atom stereocenters. The van der Waals surface area contributed by atoms with Crippen LogP contribution in [0, 0.1) is 10.1 Å². The molecule has 0 aliphatic heterocycles. The Morgan fingerprint density at radius 1 is 1.44 bits per heavy atom. The van der Waals surface area contributed by atoms with Crippen LogP contribution < -0.4 is 10.6 Å². The zero-order valence-corrected chi connectivity index (χ0v) is 9.47. The van der Waals surface area contributed by atoms with Crippen LogP contribution in [0.2, 0.25) is 0 Å². The number of carbonyl (C=O) groups is 2. The SMILES string of the molecule is CNC(=O)CNc1c(C(=O)O)cccc1[N+](=O)[O-]. The Hall–Kier alpha value is -2.64. The summed E-state index contributed by atoms with van der Waals surface area (Å²) in [5.74, 6) is -1.72. The maximum atomic E-state index is 11.1. The van der Waals surface area contributed by atoms with Gasteiger partial charge in [-0.15, -0.1) is 0 Å². The Bertz CT molecular complexity index is 468. The maximum absolute atomic E-state index is 11.1. The van der Waals surface area contributed by atoms with E-state index < -0.39 is 16.8 Å². The molecule has 0 heterocycles. The van der Waals surface area contributed by atoms with Crippen molar-refractivity contribution in [3.8, 4) is 0 Å². The molecule has 1 rings (SSSR count). The van der Waals surface area contributed by atoms with E-state index in [0.29, 0.717) is 0 Å². The van der Waals surface area contributed by atoms with Crippen LogP contribution in [0.4, 0.5) is 11.4 Å². The number of anilines is 1. The summed E-state index contributed by atoms with van der Waals surface area (Å²) in [5.41, 5.74) is -0.828. The van der Waals surface area contributed by atoms with E-state index in [0.717, 1.165) is 0 Å². The van der Waals surface area contributed by atoms with Crippen LogP contribution >= 0.6 is 0 Å². The monoisotopic (exact) mass is 253 g/mol. The summed E-state index contributed by atoms with van der Waals surface area (Å²) in [4.78, 5) is 32.1. The number of benzene rings is 1. The topological polar surface area (TPSA) is 122 Å². The van der Waals surface area contributed by atoms with Crippen molar-refractivity contribution in [2.24, 2.45) is 0 Å². The highest BCUT2D eigenvalue weighted by Gasteiger charge is 2.21. The molecule has 0 aliphatic rings. The maximum Gasteiger partial charge on any atom is 0.338 e. The Kier molecular flexibility index (Phi) is 4.19. The van der Waals surface area contributed by atoms with E-state index in [1.807, 2.05) is 0 Å². The molecule has 1 aromatic carbocycles. The molecule has 0 spiro atoms. The lowest BCUT2D eigenvalue weighted by Crippen LogP contribution is -2.27. The van der Waals surface area contributed by atoms with Gasteiger partial charge in [0.05, 0.1) is 17.0 Å². The van der Waals surface area contributed by atoms with E-state index in [-0.39, 0.29) is 23.5 Å². The van der Waals surface area contributed by atoms with Crippen LogP contribution in [-0.4, -0.2) is 35.5 Å². The number of nitro benzene ring substituents is 1. The van der Waals surface area contributed by atoms with Crippen molar-refractivity contribution in [1.82, 2.24) is 5.32 Å². The second-order valence-corrected chi connectivity index (χ2v) is 3.29. The number of para-hydroxylation sites is 1. The second kappa shape index (κ2) is 5.62. The third kappa shape index (κ3) is 2.94. The number of nitrogens with one attached hydrogen (secondary N) is 2. The van der Waals surface area contributed by atoms with Gasteiger partial charge in [-0.05, 0) is 6.07 Å². The number of carbonyl (C=O) groups excluding carboxylic acids is 1. The van der Waals surface area contributed by atoms with Gasteiger partial charge < -0.3 is 15.7 Å². The summed E-state index contributed by atoms with van der Waals surface area (Å²) in [6.45, 7) is -0.248. The van der Waals surface area contributed by atoms with E-state index >= 15 is 0 Å². The summed E-state index contributed by atoms with van der Waals surface area (Å²) in [6.07, 6.45) is 0. The molecular weight excluding hydrogens is 242 g/mol. The highest BCUT2D eigenvalue weighted by molar-refractivity contribution is 5.97. The number of rotatable bonds is 5. The van der Waals surface area contributed by atoms with E-state index in [4.69, 9.17) is 5.11 Å². The van der Waals surface area contributed by atoms with E-state index in [1.54, 1.807) is 0 Å². The van der Waals surface area contributed by atoms with Gasteiger partial charge in [0.15, 0.2) is 0 Å². The van der Waals surface area contributed by atoms with Gasteiger partial charge in [-0.2, -0.15) is 0 Å². The third-order valence-electron chi connectivity index (χ3n) is 2.17. The Labute approximate surface area is 102 Å². The first kappa shape index (κ1) is 13.4. The number of amides is 1. The molecule has 0 aliphatic carbocycles. The first-order chi connectivity index (χ1) is 8.47. The number of carboxylic acids is 1. The molecule has 3 N–H and O–H groups in total. The number of nitrogens with zero attached hydrogens (tertiary/aromatic N) is 1. The van der Waals surface area contributed by atoms with Crippen molar-refractivity contribution >= 4 is 23.3 Å². The molecule has 0 saturated carbocycles. The van der Waals surface area contributed by atoms with E-state index in [2.05, 4.69) is 10.6 Å². The second-order valence-electron chi connectivity index (χ2n) is 3.29. The van der Waals surface area contributed by atoms with Crippen LogP contribution in [0.3, 0.4) is 0 Å². The fraction of sp³-hybridized carbons (Fsp3) is 0.200. The molecule has 8 nitrogen and oxygen atoms in total. The third-order valence-corrected chi connectivity index (χ3v) is 2.17. The Balaban J connectivity index is 3.15. The molecule has 0 radical (unpaired) electrons. The lowest BCUT2D eigenvalue weighted by Gasteiger charge is -2.09. The van der Waals surface area contributed by atoms with Gasteiger partial charge in [-0.25, -0.2) is 4.79 Å². The van der Waals surface area contributed by atoms with Gasteiger partial charge in [0.1, 0.15) is 5.69 Å². The predicted octanol–water partition coefficient (Wildman–Crippen LogP) is 0.451. The van der Waals surface area contributed by atoms with Crippen molar-refractivity contribution in [2.75, 3.05) is 18.9 Å². The minimum Gasteiger partial charge on any atom is -0.478 e. The minimum absolute atomic E-state index is 0.182. The van der Waals surface area contributed by atoms with Crippen LogP contribution in [0.15, 0.2) is 18.2 Å². The number of carboxylic acid groups (broad SMARTS) is 1.